The average Bonchev–Trinajstić information content (AvgIpc) is 3.22. The van der Waals surface area contributed by atoms with Gasteiger partial charge in [-0.1, -0.05) is 11.8 Å². The molecule has 0 fully saturated rings. The molecule has 5 nitrogen and oxygen atoms in total. The van der Waals surface area contributed by atoms with Crippen LogP contribution in [0.5, 0.6) is 0 Å². The summed E-state index contributed by atoms with van der Waals surface area (Å²) in [5, 5.41) is 0.446. The molecule has 0 saturated carbocycles. The molecule has 3 rings (SSSR count). The van der Waals surface area contributed by atoms with E-state index >= 15 is 0 Å². The van der Waals surface area contributed by atoms with Crippen LogP contribution in [0.15, 0.2) is 56.8 Å². The third-order valence-corrected chi connectivity index (χ3v) is 3.97. The predicted octanol–water partition coefficient (Wildman–Crippen LogP) is 4.15. The Bertz CT molecular complexity index is 810. The van der Waals surface area contributed by atoms with Gasteiger partial charge in [0.25, 0.3) is 5.22 Å². The van der Waals surface area contributed by atoms with E-state index in [9.17, 15) is 9.18 Å². The largest absolute Gasteiger partial charge is 0.463 e. The van der Waals surface area contributed by atoms with Crippen LogP contribution in [0.2, 0.25) is 0 Å². The number of esters is 1. The molecule has 0 atom stereocenters. The number of ether oxygens (including phenoxy) is 1. The van der Waals surface area contributed by atoms with Crippen molar-refractivity contribution in [1.82, 2.24) is 4.98 Å². The third kappa shape index (κ3) is 3.45. The highest BCUT2D eigenvalue weighted by Crippen LogP contribution is 2.28. The van der Waals surface area contributed by atoms with Gasteiger partial charge in [0.2, 0.25) is 5.76 Å². The molecule has 0 N–H and O–H groups in total. The lowest BCUT2D eigenvalue weighted by Gasteiger charge is -1.99. The van der Waals surface area contributed by atoms with Gasteiger partial charge in [-0.3, -0.25) is 0 Å². The Labute approximate surface area is 135 Å². The van der Waals surface area contributed by atoms with Crippen molar-refractivity contribution in [2.45, 2.75) is 11.0 Å². The molecule has 7 heteroatoms. The third-order valence-electron chi connectivity index (χ3n) is 3.08. The highest BCUT2D eigenvalue weighted by atomic mass is 32.2. The topological polar surface area (TPSA) is 65.5 Å². The first kappa shape index (κ1) is 15.4. The number of methoxy groups -OCH3 is 1. The number of hydrogen-bond donors (Lipinski definition) is 0. The molecule has 1 aromatic carbocycles. The molecule has 2 heterocycles. The first-order chi connectivity index (χ1) is 11.2. The van der Waals surface area contributed by atoms with E-state index in [1.807, 2.05) is 0 Å². The number of rotatable bonds is 5. The Morgan fingerprint density at radius 1 is 1.30 bits per heavy atom. The minimum absolute atomic E-state index is 0.172. The van der Waals surface area contributed by atoms with Crippen molar-refractivity contribution < 1.29 is 22.8 Å². The molecular weight excluding hydrogens is 321 g/mol. The molecule has 23 heavy (non-hydrogen) atoms. The normalized spacial score (nSPS) is 10.7. The fraction of sp³-hybridized carbons (Fsp3) is 0.125. The minimum atomic E-state index is -0.523. The Morgan fingerprint density at radius 3 is 2.83 bits per heavy atom. The van der Waals surface area contributed by atoms with E-state index in [0.29, 0.717) is 22.3 Å². The van der Waals surface area contributed by atoms with Gasteiger partial charge in [-0.25, -0.2) is 14.2 Å². The maximum absolute atomic E-state index is 12.9. The quantitative estimate of drug-likeness (QED) is 0.516. The SMILES string of the molecule is COC(=O)c1occc1CSc1ncc(-c2ccc(F)cc2)o1. The number of thioether (sulfide) groups is 1. The fourth-order valence-corrected chi connectivity index (χ4v) is 2.72. The summed E-state index contributed by atoms with van der Waals surface area (Å²) >= 11 is 1.32. The van der Waals surface area contributed by atoms with Crippen molar-refractivity contribution in [2.24, 2.45) is 0 Å². The van der Waals surface area contributed by atoms with Gasteiger partial charge in [0.1, 0.15) is 5.82 Å². The van der Waals surface area contributed by atoms with Gasteiger partial charge in [-0.05, 0) is 30.3 Å². The molecule has 0 unspecified atom stereocenters. The van der Waals surface area contributed by atoms with Crippen LogP contribution in [-0.4, -0.2) is 18.1 Å². The monoisotopic (exact) mass is 333 g/mol. The van der Waals surface area contributed by atoms with Crippen LogP contribution in [0.1, 0.15) is 16.1 Å². The molecule has 3 aromatic rings. The van der Waals surface area contributed by atoms with Crippen molar-refractivity contribution >= 4 is 17.7 Å². The van der Waals surface area contributed by atoms with Crippen molar-refractivity contribution in [1.29, 1.82) is 0 Å². The van der Waals surface area contributed by atoms with E-state index in [1.165, 1.54) is 37.3 Å². The molecule has 0 aliphatic carbocycles. The van der Waals surface area contributed by atoms with E-state index < -0.39 is 5.97 Å². The summed E-state index contributed by atoms with van der Waals surface area (Å²) in [6.07, 6.45) is 3.01. The summed E-state index contributed by atoms with van der Waals surface area (Å²) in [5.74, 6) is 0.339. The Balaban J connectivity index is 1.69. The molecule has 0 aliphatic rings. The minimum Gasteiger partial charge on any atom is -0.463 e. The van der Waals surface area contributed by atoms with Crippen molar-refractivity contribution in [3.63, 3.8) is 0 Å². The second-order valence-electron chi connectivity index (χ2n) is 4.55. The van der Waals surface area contributed by atoms with Crippen molar-refractivity contribution in [3.8, 4) is 11.3 Å². The summed E-state index contributed by atoms with van der Waals surface area (Å²) in [7, 11) is 1.30. The Kier molecular flexibility index (Phi) is 4.47. The molecule has 0 saturated heterocycles. The van der Waals surface area contributed by atoms with Gasteiger partial charge in [0.05, 0.1) is 19.6 Å². The van der Waals surface area contributed by atoms with Crippen molar-refractivity contribution in [2.75, 3.05) is 7.11 Å². The second kappa shape index (κ2) is 6.70. The number of carbonyl (C=O) groups excluding carboxylic acids is 1. The molecule has 0 radical (unpaired) electrons. The highest BCUT2D eigenvalue weighted by Gasteiger charge is 2.17. The Hall–Kier alpha value is -2.54. The zero-order valence-electron chi connectivity index (χ0n) is 12.1. The summed E-state index contributed by atoms with van der Waals surface area (Å²) < 4.78 is 28.3. The van der Waals surface area contributed by atoms with E-state index in [2.05, 4.69) is 9.72 Å². The molecule has 0 aliphatic heterocycles. The van der Waals surface area contributed by atoms with E-state index in [1.54, 1.807) is 24.4 Å². The van der Waals surface area contributed by atoms with E-state index in [-0.39, 0.29) is 11.6 Å². The molecule has 0 spiro atoms. The zero-order valence-corrected chi connectivity index (χ0v) is 12.9. The molecule has 0 amide bonds. The lowest BCUT2D eigenvalue weighted by atomic mass is 10.2. The summed E-state index contributed by atoms with van der Waals surface area (Å²) in [4.78, 5) is 15.7. The number of furan rings is 1. The number of benzene rings is 1. The smallest absolute Gasteiger partial charge is 0.374 e. The number of aromatic nitrogens is 1. The number of nitrogens with zero attached hydrogens (tertiary/aromatic N) is 1. The van der Waals surface area contributed by atoms with Gasteiger partial charge in [0.15, 0.2) is 5.76 Å². The average molecular weight is 333 g/mol. The summed E-state index contributed by atoms with van der Waals surface area (Å²) in [6.45, 7) is 0. The van der Waals surface area contributed by atoms with Crippen LogP contribution in [0.25, 0.3) is 11.3 Å². The maximum atomic E-state index is 12.9. The number of carbonyl (C=O) groups is 1. The standard InChI is InChI=1S/C16H12FNO4S/c1-20-15(19)14-11(6-7-21-14)9-23-16-18-8-13(22-16)10-2-4-12(17)5-3-10/h2-8H,9H2,1H3. The van der Waals surface area contributed by atoms with Crippen LogP contribution in [0, 0.1) is 5.82 Å². The predicted molar refractivity (Wildman–Crippen MR) is 81.5 cm³/mol. The van der Waals surface area contributed by atoms with Crippen LogP contribution in [0.4, 0.5) is 4.39 Å². The highest BCUT2D eigenvalue weighted by molar-refractivity contribution is 7.98. The number of hydrogen-bond acceptors (Lipinski definition) is 6. The first-order valence-electron chi connectivity index (χ1n) is 6.66. The van der Waals surface area contributed by atoms with Gasteiger partial charge >= 0.3 is 5.97 Å². The molecule has 2 aromatic heterocycles. The van der Waals surface area contributed by atoms with Crippen LogP contribution < -0.4 is 0 Å². The zero-order chi connectivity index (χ0) is 16.2. The van der Waals surface area contributed by atoms with Crippen LogP contribution >= 0.6 is 11.8 Å². The van der Waals surface area contributed by atoms with Gasteiger partial charge in [-0.15, -0.1) is 0 Å². The van der Waals surface area contributed by atoms with E-state index in [4.69, 9.17) is 8.83 Å². The second-order valence-corrected chi connectivity index (χ2v) is 5.48. The Morgan fingerprint density at radius 2 is 2.09 bits per heavy atom. The lowest BCUT2D eigenvalue weighted by Crippen LogP contribution is -2.02. The molecular formula is C16H12FNO4S. The van der Waals surface area contributed by atoms with Crippen molar-refractivity contribution in [3.05, 3.63) is 59.9 Å². The van der Waals surface area contributed by atoms with Gasteiger partial charge in [-0.2, -0.15) is 0 Å². The van der Waals surface area contributed by atoms with Gasteiger partial charge < -0.3 is 13.6 Å². The molecule has 118 valence electrons. The molecule has 0 bridgehead atoms. The van der Waals surface area contributed by atoms with Crippen LogP contribution in [0.3, 0.4) is 0 Å². The number of oxazole rings is 1. The summed E-state index contributed by atoms with van der Waals surface area (Å²) in [6, 6.07) is 7.66. The van der Waals surface area contributed by atoms with E-state index in [0.717, 1.165) is 5.56 Å². The first-order valence-corrected chi connectivity index (χ1v) is 7.65. The van der Waals surface area contributed by atoms with Crippen LogP contribution in [-0.2, 0) is 10.5 Å². The number of halogens is 1. The lowest BCUT2D eigenvalue weighted by molar-refractivity contribution is 0.0564. The summed E-state index contributed by atoms with van der Waals surface area (Å²) in [5.41, 5.74) is 1.44. The fourth-order valence-electron chi connectivity index (χ4n) is 1.93. The van der Waals surface area contributed by atoms with Gasteiger partial charge in [0, 0.05) is 16.9 Å². The maximum Gasteiger partial charge on any atom is 0.374 e.